The van der Waals surface area contributed by atoms with Crippen LogP contribution in [0.25, 0.3) is 11.0 Å². The van der Waals surface area contributed by atoms with Crippen LogP contribution in [-0.4, -0.2) is 53.4 Å². The predicted molar refractivity (Wildman–Crippen MR) is 160 cm³/mol. The number of aryl methyl sites for hydroxylation is 1. The second-order valence-electron chi connectivity index (χ2n) is 10.5. The van der Waals surface area contributed by atoms with Crippen LogP contribution in [0.15, 0.2) is 54.4 Å². The van der Waals surface area contributed by atoms with Crippen LogP contribution in [-0.2, 0) is 25.5 Å². The van der Waals surface area contributed by atoms with Gasteiger partial charge in [0.05, 0.1) is 44.0 Å². The summed E-state index contributed by atoms with van der Waals surface area (Å²) in [7, 11) is 1.27. The van der Waals surface area contributed by atoms with Crippen molar-refractivity contribution in [3.8, 4) is 0 Å². The van der Waals surface area contributed by atoms with Crippen LogP contribution >= 0.6 is 23.2 Å². The molecule has 41 heavy (non-hydrogen) atoms. The van der Waals surface area contributed by atoms with Gasteiger partial charge in [-0.05, 0) is 75.2 Å². The number of rotatable bonds is 12. The number of quaternary nitrogens is 1. The number of methoxy groups -OCH3 is 1. The maximum atomic E-state index is 13.6. The molecule has 0 spiro atoms. The summed E-state index contributed by atoms with van der Waals surface area (Å²) in [6, 6.07) is 9.94. The molecule has 0 saturated carbocycles. The van der Waals surface area contributed by atoms with Gasteiger partial charge in [0.1, 0.15) is 11.8 Å². The highest BCUT2D eigenvalue weighted by Gasteiger charge is 2.25. The summed E-state index contributed by atoms with van der Waals surface area (Å²) in [6.07, 6.45) is 3.88. The van der Waals surface area contributed by atoms with Gasteiger partial charge in [-0.1, -0.05) is 23.2 Å². The maximum Gasteiger partial charge on any atom is 0.307 e. The fourth-order valence-electron chi connectivity index (χ4n) is 4.03. The quantitative estimate of drug-likeness (QED) is 0.121. The van der Waals surface area contributed by atoms with E-state index >= 15 is 0 Å². The number of carbonyl (C=O) groups is 2. The summed E-state index contributed by atoms with van der Waals surface area (Å²) in [5, 5.41) is 15.0. The van der Waals surface area contributed by atoms with Crippen LogP contribution < -0.4 is 10.6 Å². The molecule has 0 radical (unpaired) electrons. The molecule has 11 heteroatoms. The lowest BCUT2D eigenvalue weighted by Crippen LogP contribution is -2.79. The van der Waals surface area contributed by atoms with E-state index in [1.54, 1.807) is 30.6 Å². The first-order valence-corrected chi connectivity index (χ1v) is 13.9. The Kier molecular flexibility index (Phi) is 11.4. The minimum Gasteiger partial charge on any atom is -0.469 e. The Bertz CT molecular complexity index is 1430. The van der Waals surface area contributed by atoms with Crippen molar-refractivity contribution in [2.24, 2.45) is 0 Å². The van der Waals surface area contributed by atoms with Crippen molar-refractivity contribution in [1.82, 2.24) is 15.3 Å². The van der Waals surface area contributed by atoms with Gasteiger partial charge in [-0.25, -0.2) is 9.97 Å². The molecule has 218 valence electrons. The van der Waals surface area contributed by atoms with Crippen molar-refractivity contribution in [3.63, 3.8) is 0 Å². The standard InChI is InChI=1S/C30H35Cl2N5O4/c1-18-19(11-20-7-6-9-35-28(20)36-18)8-10-34-16-24(25(33)17-41-30(2,3)4)29(39)37-26(15-27(38)40-5)21-12-22(31)14-23(32)13-21/h6-7,9,11-14,16,26,33-34H,8,10,15,17H2,1-5H3,(H,37,39)/p+1/b24-16+,33-25?. The Morgan fingerprint density at radius 2 is 1.88 bits per heavy atom. The molecular formula is C30H36Cl2N5O4+. The van der Waals surface area contributed by atoms with Gasteiger partial charge in [0.2, 0.25) is 0 Å². The van der Waals surface area contributed by atoms with E-state index in [1.165, 1.54) is 7.11 Å². The molecule has 0 aliphatic carbocycles. The second kappa shape index (κ2) is 14.5. The molecule has 2 aromatic heterocycles. The summed E-state index contributed by atoms with van der Waals surface area (Å²) in [5.74, 6) is -1.06. The van der Waals surface area contributed by atoms with Gasteiger partial charge >= 0.3 is 5.97 Å². The average molecular weight is 602 g/mol. The number of hydrogen-bond donors (Lipinski definition) is 3. The first kappa shape index (κ1) is 32.1. The van der Waals surface area contributed by atoms with Crippen LogP contribution in [0.4, 0.5) is 0 Å². The monoisotopic (exact) mass is 600 g/mol. The number of nitrogens with two attached hydrogens (primary N) is 1. The van der Waals surface area contributed by atoms with E-state index in [0.29, 0.717) is 34.2 Å². The number of fused-ring (bicyclic) bond motifs is 1. The lowest BCUT2D eigenvalue weighted by atomic mass is 10.0. The van der Waals surface area contributed by atoms with E-state index in [1.807, 2.05) is 45.1 Å². The molecule has 0 saturated heterocycles. The fraction of sp³-hybridized carbons (Fsp3) is 0.367. The minimum absolute atomic E-state index is 0.00393. The van der Waals surface area contributed by atoms with Gasteiger partial charge in [0.25, 0.3) is 5.91 Å². The molecule has 9 nitrogen and oxygen atoms in total. The van der Waals surface area contributed by atoms with E-state index in [2.05, 4.69) is 21.4 Å². The molecular weight excluding hydrogens is 565 g/mol. The lowest BCUT2D eigenvalue weighted by Gasteiger charge is -2.22. The summed E-state index contributed by atoms with van der Waals surface area (Å²) in [6.45, 7) is 8.11. The highest BCUT2D eigenvalue weighted by molar-refractivity contribution is 6.34. The van der Waals surface area contributed by atoms with Gasteiger partial charge in [0.15, 0.2) is 5.65 Å². The Morgan fingerprint density at radius 3 is 2.54 bits per heavy atom. The number of carbonyl (C=O) groups excluding carboxylic acids is 2. The van der Waals surface area contributed by atoms with Crippen molar-refractivity contribution in [2.75, 3.05) is 20.3 Å². The number of aromatic nitrogens is 2. The van der Waals surface area contributed by atoms with Crippen molar-refractivity contribution in [2.45, 2.75) is 52.2 Å². The third-order valence-electron chi connectivity index (χ3n) is 6.16. The van der Waals surface area contributed by atoms with Crippen molar-refractivity contribution >= 4 is 51.8 Å². The summed E-state index contributed by atoms with van der Waals surface area (Å²) in [4.78, 5) is 34.6. The lowest BCUT2D eigenvalue weighted by molar-refractivity contribution is -0.587. The van der Waals surface area contributed by atoms with E-state index in [4.69, 9.17) is 38.1 Å². The van der Waals surface area contributed by atoms with Crippen LogP contribution in [0.2, 0.25) is 10.0 Å². The number of amides is 1. The molecule has 0 aliphatic rings. The molecule has 1 amide bonds. The van der Waals surface area contributed by atoms with Crippen molar-refractivity contribution in [1.29, 1.82) is 5.41 Å². The van der Waals surface area contributed by atoms with Crippen LogP contribution in [0, 0.1) is 12.3 Å². The highest BCUT2D eigenvalue weighted by atomic mass is 35.5. The first-order valence-electron chi connectivity index (χ1n) is 13.2. The van der Waals surface area contributed by atoms with E-state index in [9.17, 15) is 9.59 Å². The number of ether oxygens (including phenoxy) is 2. The van der Waals surface area contributed by atoms with Crippen molar-refractivity contribution in [3.05, 3.63) is 81.2 Å². The van der Waals surface area contributed by atoms with Gasteiger partial charge in [-0.2, -0.15) is 0 Å². The zero-order valence-corrected chi connectivity index (χ0v) is 25.4. The number of benzene rings is 1. The highest BCUT2D eigenvalue weighted by Crippen LogP contribution is 2.26. The van der Waals surface area contributed by atoms with E-state index in [-0.39, 0.29) is 24.3 Å². The number of halogens is 2. The zero-order valence-electron chi connectivity index (χ0n) is 23.9. The van der Waals surface area contributed by atoms with Crippen molar-refractivity contribution < 1.29 is 24.4 Å². The zero-order chi connectivity index (χ0) is 30.2. The third kappa shape index (κ3) is 9.89. The van der Waals surface area contributed by atoms with E-state index < -0.39 is 23.5 Å². The van der Waals surface area contributed by atoms with E-state index in [0.717, 1.165) is 16.6 Å². The summed E-state index contributed by atoms with van der Waals surface area (Å²) < 4.78 is 10.6. The number of pyridine rings is 2. The van der Waals surface area contributed by atoms with Crippen LogP contribution in [0.1, 0.15) is 50.1 Å². The number of nitrogens with one attached hydrogen (secondary N) is 2. The van der Waals surface area contributed by atoms with Gasteiger partial charge in [-0.3, -0.25) is 9.59 Å². The van der Waals surface area contributed by atoms with Gasteiger partial charge < -0.3 is 25.5 Å². The topological polar surface area (TPSA) is 131 Å². The molecule has 1 atom stereocenters. The molecule has 2 heterocycles. The molecule has 0 aliphatic heterocycles. The van der Waals surface area contributed by atoms with Gasteiger partial charge in [-0.15, -0.1) is 0 Å². The number of nitrogens with zero attached hydrogens (tertiary/aromatic N) is 2. The fourth-order valence-corrected chi connectivity index (χ4v) is 4.57. The summed E-state index contributed by atoms with van der Waals surface area (Å²) in [5.41, 5.74) is 2.83. The maximum absolute atomic E-state index is 13.6. The Balaban J connectivity index is 1.82. The Hall–Kier alpha value is -3.37. The summed E-state index contributed by atoms with van der Waals surface area (Å²) >= 11 is 12.4. The number of esters is 1. The largest absolute Gasteiger partial charge is 0.469 e. The molecule has 3 aromatic rings. The van der Waals surface area contributed by atoms with Gasteiger partial charge in [0, 0.05) is 33.7 Å². The second-order valence-corrected chi connectivity index (χ2v) is 11.4. The predicted octanol–water partition coefficient (Wildman–Crippen LogP) is 4.49. The normalized spacial score (nSPS) is 12.7. The third-order valence-corrected chi connectivity index (χ3v) is 6.60. The SMILES string of the molecule is COC(=O)CC(NC(=O)/C(=C/[NH2+]CCc1cc2cccnc2nc1C)C(=N)COC(C)(C)C)c1cc(Cl)cc(Cl)c1. The smallest absolute Gasteiger partial charge is 0.307 e. The number of hydrogen-bond acceptors (Lipinski definition) is 7. The molecule has 1 unspecified atom stereocenters. The first-order chi connectivity index (χ1) is 19.4. The molecule has 1 aromatic carbocycles. The molecule has 0 fully saturated rings. The average Bonchev–Trinajstić information content (AvgIpc) is 2.90. The minimum atomic E-state index is -0.786. The molecule has 3 rings (SSSR count). The molecule has 0 bridgehead atoms. The molecule has 4 N–H and O–H groups in total. The Morgan fingerprint density at radius 1 is 1.17 bits per heavy atom. The van der Waals surface area contributed by atoms with Crippen LogP contribution in [0.5, 0.6) is 0 Å². The Labute approximate surface area is 250 Å². The van der Waals surface area contributed by atoms with Crippen LogP contribution in [0.3, 0.4) is 0 Å².